The third-order valence-electron chi connectivity index (χ3n) is 1.98. The second-order valence-corrected chi connectivity index (χ2v) is 3.02. The highest BCUT2D eigenvalue weighted by atomic mass is 16.5. The molecule has 0 aliphatic rings. The zero-order valence-electron chi connectivity index (χ0n) is 8.45. The molecule has 0 fully saturated rings. The first-order valence-corrected chi connectivity index (χ1v) is 4.57. The Bertz CT molecular complexity index is 269. The van der Waals surface area contributed by atoms with Gasteiger partial charge in [-0.05, 0) is 19.1 Å². The number of rotatable bonds is 5. The normalized spacial score (nSPS) is 12.4. The van der Waals surface area contributed by atoms with Gasteiger partial charge in [0.05, 0.1) is 25.8 Å². The molecule has 0 spiro atoms. The lowest BCUT2D eigenvalue weighted by Crippen LogP contribution is -2.22. The topological polar surface area (TPSA) is 51.5 Å². The van der Waals surface area contributed by atoms with Crippen molar-refractivity contribution in [2.24, 2.45) is 0 Å². The molecule has 78 valence electrons. The van der Waals surface area contributed by atoms with Crippen molar-refractivity contribution >= 4 is 5.97 Å². The summed E-state index contributed by atoms with van der Waals surface area (Å²) in [5.41, 5.74) is 0. The molecule has 0 radical (unpaired) electrons. The molecule has 0 aliphatic heterocycles. The van der Waals surface area contributed by atoms with E-state index in [1.54, 1.807) is 6.26 Å². The van der Waals surface area contributed by atoms with Crippen LogP contribution >= 0.6 is 0 Å². The van der Waals surface area contributed by atoms with Crippen LogP contribution in [-0.4, -0.2) is 19.6 Å². The molecule has 1 heterocycles. The standard InChI is InChI=1S/C10H15NO3/c1-8(9-4-3-7-14-9)11-6-5-10(12)13-2/h3-4,7-8,11H,5-6H2,1-2H3/t8-/m0/s1. The third kappa shape index (κ3) is 3.22. The van der Waals surface area contributed by atoms with Crippen LogP contribution in [0.3, 0.4) is 0 Å². The van der Waals surface area contributed by atoms with E-state index in [0.717, 1.165) is 5.76 Å². The molecule has 14 heavy (non-hydrogen) atoms. The first-order chi connectivity index (χ1) is 6.74. The van der Waals surface area contributed by atoms with Gasteiger partial charge in [-0.2, -0.15) is 0 Å². The molecule has 0 saturated carbocycles. The number of hydrogen-bond acceptors (Lipinski definition) is 4. The molecule has 1 aromatic rings. The Morgan fingerprint density at radius 2 is 2.50 bits per heavy atom. The quantitative estimate of drug-likeness (QED) is 0.727. The van der Waals surface area contributed by atoms with E-state index in [1.165, 1.54) is 7.11 Å². The van der Waals surface area contributed by atoms with Gasteiger partial charge in [-0.25, -0.2) is 0 Å². The van der Waals surface area contributed by atoms with Gasteiger partial charge in [0.1, 0.15) is 5.76 Å². The fraction of sp³-hybridized carbons (Fsp3) is 0.500. The highest BCUT2D eigenvalue weighted by molar-refractivity contribution is 5.69. The van der Waals surface area contributed by atoms with Crippen LogP contribution in [0.4, 0.5) is 0 Å². The Morgan fingerprint density at radius 1 is 1.71 bits per heavy atom. The summed E-state index contributed by atoms with van der Waals surface area (Å²) in [5, 5.41) is 3.16. The monoisotopic (exact) mass is 197 g/mol. The molecule has 0 unspecified atom stereocenters. The molecule has 0 saturated heterocycles. The van der Waals surface area contributed by atoms with E-state index in [9.17, 15) is 4.79 Å². The van der Waals surface area contributed by atoms with Gasteiger partial charge in [0.25, 0.3) is 0 Å². The van der Waals surface area contributed by atoms with Gasteiger partial charge < -0.3 is 14.5 Å². The van der Waals surface area contributed by atoms with Gasteiger partial charge in [0.2, 0.25) is 0 Å². The predicted molar refractivity (Wildman–Crippen MR) is 51.8 cm³/mol. The lowest BCUT2D eigenvalue weighted by Gasteiger charge is -2.09. The van der Waals surface area contributed by atoms with E-state index in [0.29, 0.717) is 13.0 Å². The first kappa shape index (κ1) is 10.8. The number of carbonyl (C=O) groups excluding carboxylic acids is 1. The summed E-state index contributed by atoms with van der Waals surface area (Å²) in [6, 6.07) is 3.86. The summed E-state index contributed by atoms with van der Waals surface area (Å²) in [5.74, 6) is 0.666. The lowest BCUT2D eigenvalue weighted by atomic mass is 10.2. The fourth-order valence-electron chi connectivity index (χ4n) is 1.13. The average molecular weight is 197 g/mol. The van der Waals surface area contributed by atoms with E-state index >= 15 is 0 Å². The van der Waals surface area contributed by atoms with Gasteiger partial charge in [0.15, 0.2) is 0 Å². The fourth-order valence-corrected chi connectivity index (χ4v) is 1.13. The molecule has 0 aromatic carbocycles. The molecule has 1 N–H and O–H groups in total. The van der Waals surface area contributed by atoms with Crippen molar-refractivity contribution in [3.8, 4) is 0 Å². The SMILES string of the molecule is COC(=O)CCN[C@@H](C)c1ccco1. The minimum Gasteiger partial charge on any atom is -0.469 e. The second-order valence-electron chi connectivity index (χ2n) is 3.02. The van der Waals surface area contributed by atoms with Crippen molar-refractivity contribution in [3.05, 3.63) is 24.2 Å². The Hall–Kier alpha value is -1.29. The molecule has 4 nitrogen and oxygen atoms in total. The van der Waals surface area contributed by atoms with Crippen LogP contribution in [0.25, 0.3) is 0 Å². The third-order valence-corrected chi connectivity index (χ3v) is 1.98. The summed E-state index contributed by atoms with van der Waals surface area (Å²) in [6.45, 7) is 2.57. The first-order valence-electron chi connectivity index (χ1n) is 4.57. The number of nitrogens with one attached hydrogen (secondary N) is 1. The van der Waals surface area contributed by atoms with Crippen molar-refractivity contribution in [1.29, 1.82) is 0 Å². The molecular weight excluding hydrogens is 182 g/mol. The molecule has 1 aromatic heterocycles. The average Bonchev–Trinajstić information content (AvgIpc) is 2.70. The zero-order valence-corrected chi connectivity index (χ0v) is 8.45. The van der Waals surface area contributed by atoms with E-state index in [-0.39, 0.29) is 12.0 Å². The number of ether oxygens (including phenoxy) is 1. The second kappa shape index (κ2) is 5.44. The number of hydrogen-bond donors (Lipinski definition) is 1. The van der Waals surface area contributed by atoms with Crippen molar-refractivity contribution < 1.29 is 13.9 Å². The molecular formula is C10H15NO3. The van der Waals surface area contributed by atoms with Crippen LogP contribution in [0.15, 0.2) is 22.8 Å². The summed E-state index contributed by atoms with van der Waals surface area (Å²) in [4.78, 5) is 10.8. The Kier molecular flexibility index (Phi) is 4.19. The number of esters is 1. The maximum absolute atomic E-state index is 10.8. The van der Waals surface area contributed by atoms with Crippen molar-refractivity contribution in [3.63, 3.8) is 0 Å². The molecule has 0 amide bonds. The smallest absolute Gasteiger partial charge is 0.306 e. The maximum atomic E-state index is 10.8. The van der Waals surface area contributed by atoms with Gasteiger partial charge >= 0.3 is 5.97 Å². The van der Waals surface area contributed by atoms with Crippen molar-refractivity contribution in [2.45, 2.75) is 19.4 Å². The van der Waals surface area contributed by atoms with Gasteiger partial charge in [-0.3, -0.25) is 4.79 Å². The Balaban J connectivity index is 2.22. The number of methoxy groups -OCH3 is 1. The predicted octanol–water partition coefficient (Wildman–Crippen LogP) is 1.49. The van der Waals surface area contributed by atoms with Gasteiger partial charge in [-0.1, -0.05) is 0 Å². The Morgan fingerprint density at radius 3 is 3.07 bits per heavy atom. The number of furan rings is 1. The molecule has 4 heteroatoms. The number of carbonyl (C=O) groups is 1. The van der Waals surface area contributed by atoms with Crippen LogP contribution in [0.2, 0.25) is 0 Å². The van der Waals surface area contributed by atoms with Crippen LogP contribution in [0.1, 0.15) is 25.1 Å². The van der Waals surface area contributed by atoms with E-state index < -0.39 is 0 Å². The molecule has 0 aliphatic carbocycles. The molecule has 1 rings (SSSR count). The minimum atomic E-state index is -0.204. The summed E-state index contributed by atoms with van der Waals surface area (Å²) in [7, 11) is 1.39. The van der Waals surface area contributed by atoms with Crippen LogP contribution < -0.4 is 5.32 Å². The maximum Gasteiger partial charge on any atom is 0.306 e. The highest BCUT2D eigenvalue weighted by Gasteiger charge is 2.07. The van der Waals surface area contributed by atoms with Crippen LogP contribution in [-0.2, 0) is 9.53 Å². The summed E-state index contributed by atoms with van der Waals surface area (Å²) < 4.78 is 9.72. The van der Waals surface area contributed by atoms with E-state index in [2.05, 4.69) is 10.1 Å². The van der Waals surface area contributed by atoms with E-state index in [1.807, 2.05) is 19.1 Å². The van der Waals surface area contributed by atoms with Crippen LogP contribution in [0.5, 0.6) is 0 Å². The largest absolute Gasteiger partial charge is 0.469 e. The van der Waals surface area contributed by atoms with Crippen LogP contribution in [0, 0.1) is 0 Å². The zero-order chi connectivity index (χ0) is 10.4. The summed E-state index contributed by atoms with van der Waals surface area (Å²) >= 11 is 0. The lowest BCUT2D eigenvalue weighted by molar-refractivity contribution is -0.140. The molecule has 0 bridgehead atoms. The molecule has 1 atom stereocenters. The van der Waals surface area contributed by atoms with Gasteiger partial charge in [0, 0.05) is 6.54 Å². The highest BCUT2D eigenvalue weighted by Crippen LogP contribution is 2.11. The minimum absolute atomic E-state index is 0.120. The summed E-state index contributed by atoms with van der Waals surface area (Å²) in [6.07, 6.45) is 2.01. The Labute approximate surface area is 83.2 Å². The van der Waals surface area contributed by atoms with E-state index in [4.69, 9.17) is 4.42 Å². The van der Waals surface area contributed by atoms with Crippen molar-refractivity contribution in [1.82, 2.24) is 5.32 Å². The van der Waals surface area contributed by atoms with Crippen molar-refractivity contribution in [2.75, 3.05) is 13.7 Å². The van der Waals surface area contributed by atoms with Gasteiger partial charge in [-0.15, -0.1) is 0 Å².